The fourth-order valence-corrected chi connectivity index (χ4v) is 12.1. The van der Waals surface area contributed by atoms with Crippen LogP contribution in [0.5, 0.6) is 0 Å². The SMILES string of the molecule is C[C@]12CCC[C@H]1CCN(c1ncnc3c1ccn3COCC[Si](C)(C)C)C2.C[C@]12CN(Cc3ccccc3)C[C@H]1CCN(c1ncnc3c1ccn3COCC[Si](C)(C)C)C2. The zero-order valence-corrected chi connectivity index (χ0v) is 40.6. The van der Waals surface area contributed by atoms with E-state index in [0.29, 0.717) is 18.9 Å². The Bertz CT molecular complexity index is 2220. The summed E-state index contributed by atoms with van der Waals surface area (Å²) in [6, 6.07) is 17.6. The number of fused-ring (bicyclic) bond motifs is 4. The molecular formula is C48H73N9O2Si2. The normalized spacial score (nSPS) is 24.6. The Morgan fingerprint density at radius 3 is 1.74 bits per heavy atom. The number of anilines is 2. The van der Waals surface area contributed by atoms with Gasteiger partial charge in [-0.2, -0.15) is 0 Å². The zero-order chi connectivity index (χ0) is 42.8. The highest BCUT2D eigenvalue weighted by atomic mass is 28.3. The van der Waals surface area contributed by atoms with E-state index in [2.05, 4.69) is 147 Å². The first-order valence-corrected chi connectivity index (χ1v) is 30.6. The third kappa shape index (κ3) is 10.4. The second kappa shape index (κ2) is 18.2. The number of likely N-dealkylation sites (tertiary alicyclic amines) is 1. The van der Waals surface area contributed by atoms with Crippen LogP contribution in [-0.2, 0) is 29.5 Å². The van der Waals surface area contributed by atoms with Crippen LogP contribution >= 0.6 is 0 Å². The molecule has 4 aromatic heterocycles. The summed E-state index contributed by atoms with van der Waals surface area (Å²) >= 11 is 0. The molecule has 9 rings (SSSR count). The molecule has 1 saturated carbocycles. The highest BCUT2D eigenvalue weighted by Crippen LogP contribution is 2.49. The van der Waals surface area contributed by atoms with Crippen LogP contribution in [0.15, 0.2) is 67.5 Å². The molecule has 7 heterocycles. The van der Waals surface area contributed by atoms with Crippen LogP contribution in [0.1, 0.15) is 51.5 Å². The largest absolute Gasteiger partial charge is 0.361 e. The molecule has 4 aliphatic rings. The van der Waals surface area contributed by atoms with E-state index in [-0.39, 0.29) is 5.41 Å². The summed E-state index contributed by atoms with van der Waals surface area (Å²) in [5.74, 6) is 3.82. The Morgan fingerprint density at radius 1 is 0.639 bits per heavy atom. The quantitative estimate of drug-likeness (QED) is 0.0800. The Hall–Kier alpha value is -3.63. The van der Waals surface area contributed by atoms with Crippen molar-refractivity contribution in [3.05, 3.63) is 73.1 Å². The van der Waals surface area contributed by atoms with Crippen molar-refractivity contribution in [2.24, 2.45) is 22.7 Å². The van der Waals surface area contributed by atoms with Crippen LogP contribution in [0.2, 0.25) is 51.4 Å². The van der Waals surface area contributed by atoms with Crippen LogP contribution in [0.4, 0.5) is 11.6 Å². The van der Waals surface area contributed by atoms with Gasteiger partial charge in [0.25, 0.3) is 0 Å². The summed E-state index contributed by atoms with van der Waals surface area (Å²) in [6.07, 6.45) is 14.3. The molecule has 330 valence electrons. The summed E-state index contributed by atoms with van der Waals surface area (Å²) in [4.78, 5) is 26.3. The van der Waals surface area contributed by atoms with Gasteiger partial charge in [0.05, 0.1) is 10.8 Å². The van der Waals surface area contributed by atoms with E-state index in [1.54, 1.807) is 12.7 Å². The van der Waals surface area contributed by atoms with Crippen molar-refractivity contribution in [2.75, 3.05) is 62.3 Å². The Kier molecular flexibility index (Phi) is 13.1. The van der Waals surface area contributed by atoms with Gasteiger partial charge in [-0.1, -0.05) is 89.9 Å². The number of benzene rings is 1. The lowest BCUT2D eigenvalue weighted by Crippen LogP contribution is -2.47. The lowest BCUT2D eigenvalue weighted by molar-refractivity contribution is 0.0898. The maximum atomic E-state index is 6.00. The van der Waals surface area contributed by atoms with E-state index in [4.69, 9.17) is 14.5 Å². The van der Waals surface area contributed by atoms with Crippen LogP contribution in [0, 0.1) is 22.7 Å². The molecule has 5 aromatic rings. The van der Waals surface area contributed by atoms with Crippen molar-refractivity contribution in [3.8, 4) is 0 Å². The van der Waals surface area contributed by atoms with Gasteiger partial charge in [-0.05, 0) is 72.7 Å². The van der Waals surface area contributed by atoms with Crippen molar-refractivity contribution in [1.29, 1.82) is 0 Å². The van der Waals surface area contributed by atoms with Crippen molar-refractivity contribution < 1.29 is 9.47 Å². The molecule has 3 saturated heterocycles. The number of nitrogens with zero attached hydrogens (tertiary/aromatic N) is 9. The molecule has 11 nitrogen and oxygen atoms in total. The highest BCUT2D eigenvalue weighted by molar-refractivity contribution is 6.76. The second-order valence-electron chi connectivity index (χ2n) is 21.8. The Labute approximate surface area is 367 Å². The lowest BCUT2D eigenvalue weighted by Gasteiger charge is -2.43. The molecule has 0 N–H and O–H groups in total. The molecule has 1 aromatic carbocycles. The first kappa shape index (κ1) is 44.0. The maximum absolute atomic E-state index is 6.00. The molecule has 0 unspecified atom stereocenters. The Morgan fingerprint density at radius 2 is 1.18 bits per heavy atom. The van der Waals surface area contributed by atoms with Gasteiger partial charge in [0.15, 0.2) is 0 Å². The van der Waals surface area contributed by atoms with Gasteiger partial charge >= 0.3 is 0 Å². The van der Waals surface area contributed by atoms with Crippen molar-refractivity contribution in [2.45, 2.75) is 117 Å². The van der Waals surface area contributed by atoms with Gasteiger partial charge in [0.2, 0.25) is 0 Å². The minimum Gasteiger partial charge on any atom is -0.361 e. The van der Waals surface area contributed by atoms with Gasteiger partial charge in [-0.15, -0.1) is 0 Å². The standard InChI is InChI=1S/C27H39N5OSi.C21H34N4OSi/c1-27-18-30(16-22-8-6-5-7-9-22)17-23(27)10-12-31(19-27)25-24-11-13-32(26(24)29-20-28-25)21-33-14-15-34(2,3)4;1-21-9-5-6-17(21)7-10-24(14-21)19-18-8-11-25(20(18)23-15-22-19)16-26-12-13-27(2,3)4/h5-9,11,13,20,23H,10,12,14-19,21H2,1-4H3;8,11,15,17H,5-7,9-10,12-14,16H2,1-4H3/t23-,27-;17-,21+/m10/s1. The fourth-order valence-electron chi connectivity index (χ4n) is 10.6. The average molecular weight is 864 g/mol. The monoisotopic (exact) mass is 864 g/mol. The number of rotatable bonds is 14. The van der Waals surface area contributed by atoms with Crippen LogP contribution in [-0.4, -0.2) is 103 Å². The molecule has 4 atom stereocenters. The topological polar surface area (TPSA) is 89.6 Å². The number of ether oxygens (including phenoxy) is 2. The molecule has 4 fully saturated rings. The first-order chi connectivity index (χ1) is 29.2. The molecule has 61 heavy (non-hydrogen) atoms. The van der Waals surface area contributed by atoms with Crippen molar-refractivity contribution >= 4 is 49.9 Å². The van der Waals surface area contributed by atoms with Gasteiger partial charge in [0.1, 0.15) is 49.0 Å². The first-order valence-electron chi connectivity index (χ1n) is 23.2. The van der Waals surface area contributed by atoms with E-state index in [1.165, 1.54) is 56.3 Å². The molecule has 13 heteroatoms. The summed E-state index contributed by atoms with van der Waals surface area (Å²) in [7, 11) is -2.13. The summed E-state index contributed by atoms with van der Waals surface area (Å²) in [6.45, 7) is 29.8. The summed E-state index contributed by atoms with van der Waals surface area (Å²) < 4.78 is 16.2. The number of hydrogen-bond donors (Lipinski definition) is 0. The van der Waals surface area contributed by atoms with Gasteiger partial charge in [0, 0.05) is 93.0 Å². The summed E-state index contributed by atoms with van der Waals surface area (Å²) in [5.41, 5.74) is 4.12. The van der Waals surface area contributed by atoms with Gasteiger partial charge < -0.3 is 28.4 Å². The van der Waals surface area contributed by atoms with Gasteiger partial charge in [-0.3, -0.25) is 4.90 Å². The number of piperidine rings is 2. The molecule has 0 bridgehead atoms. The predicted molar refractivity (Wildman–Crippen MR) is 256 cm³/mol. The third-order valence-electron chi connectivity index (χ3n) is 14.3. The predicted octanol–water partition coefficient (Wildman–Crippen LogP) is 9.85. The van der Waals surface area contributed by atoms with E-state index >= 15 is 0 Å². The van der Waals surface area contributed by atoms with Crippen LogP contribution < -0.4 is 9.80 Å². The van der Waals surface area contributed by atoms with Crippen molar-refractivity contribution in [1.82, 2.24) is 34.0 Å². The zero-order valence-electron chi connectivity index (χ0n) is 38.6. The number of hydrogen-bond acceptors (Lipinski definition) is 9. The molecule has 0 spiro atoms. The maximum Gasteiger partial charge on any atom is 0.147 e. The third-order valence-corrected chi connectivity index (χ3v) is 17.7. The average Bonchev–Trinajstić information content (AvgIpc) is 4.00. The molecular weight excluding hydrogens is 791 g/mol. The van der Waals surface area contributed by atoms with E-state index in [1.807, 2.05) is 0 Å². The molecule has 0 amide bonds. The molecule has 3 aliphatic heterocycles. The smallest absolute Gasteiger partial charge is 0.147 e. The lowest BCUT2D eigenvalue weighted by atomic mass is 9.75. The second-order valence-corrected chi connectivity index (χ2v) is 33.0. The minimum absolute atomic E-state index is 0.285. The van der Waals surface area contributed by atoms with Crippen LogP contribution in [0.3, 0.4) is 0 Å². The summed E-state index contributed by atoms with van der Waals surface area (Å²) in [5, 5.41) is 2.30. The van der Waals surface area contributed by atoms with E-state index in [9.17, 15) is 0 Å². The molecule has 0 radical (unpaired) electrons. The van der Waals surface area contributed by atoms with E-state index in [0.717, 1.165) is 98.0 Å². The fraction of sp³-hybridized carbons (Fsp3) is 0.625. The Balaban J connectivity index is 0.000000173. The van der Waals surface area contributed by atoms with Crippen molar-refractivity contribution in [3.63, 3.8) is 0 Å². The highest BCUT2D eigenvalue weighted by Gasteiger charge is 2.47. The number of aromatic nitrogens is 6. The molecule has 1 aliphatic carbocycles. The minimum atomic E-state index is -1.08. The van der Waals surface area contributed by atoms with Gasteiger partial charge in [-0.25, -0.2) is 19.9 Å². The van der Waals surface area contributed by atoms with E-state index < -0.39 is 16.1 Å². The van der Waals surface area contributed by atoms with Crippen LogP contribution in [0.25, 0.3) is 22.1 Å².